The second-order valence-electron chi connectivity index (χ2n) is 7.55. The van der Waals surface area contributed by atoms with Crippen LogP contribution < -0.4 is 4.74 Å². The number of hydrogen-bond acceptors (Lipinski definition) is 7. The molecule has 1 atom stereocenters. The van der Waals surface area contributed by atoms with Crippen LogP contribution in [0, 0.1) is 0 Å². The predicted molar refractivity (Wildman–Crippen MR) is 122 cm³/mol. The van der Waals surface area contributed by atoms with Gasteiger partial charge in [-0.25, -0.2) is 4.98 Å². The summed E-state index contributed by atoms with van der Waals surface area (Å²) in [5.41, 5.74) is 2.00. The first-order chi connectivity index (χ1) is 15.8. The van der Waals surface area contributed by atoms with Gasteiger partial charge in [-0.05, 0) is 37.1 Å². The van der Waals surface area contributed by atoms with Crippen molar-refractivity contribution >= 4 is 11.8 Å². The van der Waals surface area contributed by atoms with Crippen LogP contribution in [0.4, 0.5) is 0 Å². The summed E-state index contributed by atoms with van der Waals surface area (Å²) >= 11 is 1.57. The maximum atomic E-state index is 5.95. The lowest BCUT2D eigenvalue weighted by molar-refractivity contribution is 0.0953. The third kappa shape index (κ3) is 4.56. The normalized spacial score (nSPS) is 15.8. The van der Waals surface area contributed by atoms with Crippen molar-refractivity contribution in [3.8, 4) is 28.5 Å². The maximum absolute atomic E-state index is 5.95. The molecule has 8 heteroatoms. The third-order valence-electron chi connectivity index (χ3n) is 5.41. The first-order valence-corrected chi connectivity index (χ1v) is 11.6. The van der Waals surface area contributed by atoms with Gasteiger partial charge >= 0.3 is 0 Å². The average Bonchev–Trinajstić information content (AvgIpc) is 3.61. The Morgan fingerprint density at radius 2 is 1.91 bits per heavy atom. The van der Waals surface area contributed by atoms with E-state index in [9.17, 15) is 0 Å². The van der Waals surface area contributed by atoms with Gasteiger partial charge in [-0.2, -0.15) is 0 Å². The van der Waals surface area contributed by atoms with Crippen LogP contribution in [0.2, 0.25) is 0 Å². The Hall–Kier alpha value is -3.10. The predicted octanol–water partition coefficient (Wildman–Crippen LogP) is 5.08. The van der Waals surface area contributed by atoms with Gasteiger partial charge in [0.25, 0.3) is 0 Å². The van der Waals surface area contributed by atoms with Gasteiger partial charge in [0.15, 0.2) is 16.7 Å². The summed E-state index contributed by atoms with van der Waals surface area (Å²) in [6.07, 6.45) is 4.08. The Kier molecular flexibility index (Phi) is 6.22. The molecule has 32 heavy (non-hydrogen) atoms. The highest BCUT2D eigenvalue weighted by molar-refractivity contribution is 7.98. The van der Waals surface area contributed by atoms with Gasteiger partial charge in [0.1, 0.15) is 5.75 Å². The molecule has 0 amide bonds. The largest absolute Gasteiger partial charge is 0.497 e. The van der Waals surface area contributed by atoms with Crippen LogP contribution in [0.15, 0.2) is 70.4 Å². The van der Waals surface area contributed by atoms with Gasteiger partial charge in [0.05, 0.1) is 31.7 Å². The summed E-state index contributed by atoms with van der Waals surface area (Å²) in [7, 11) is 1.66. The molecule has 0 radical (unpaired) electrons. The van der Waals surface area contributed by atoms with Gasteiger partial charge in [-0.15, -0.1) is 10.2 Å². The maximum Gasteiger partial charge on any atom is 0.205 e. The summed E-state index contributed by atoms with van der Waals surface area (Å²) in [4.78, 5) is 4.44. The van der Waals surface area contributed by atoms with Crippen LogP contribution in [0.25, 0.3) is 22.7 Å². The molecule has 1 saturated heterocycles. The zero-order chi connectivity index (χ0) is 21.8. The Morgan fingerprint density at radius 1 is 1.06 bits per heavy atom. The molecule has 4 aromatic rings. The number of nitrogens with zero attached hydrogens (tertiary/aromatic N) is 4. The molecule has 7 nitrogen and oxygen atoms in total. The van der Waals surface area contributed by atoms with Crippen LogP contribution in [0.5, 0.6) is 5.75 Å². The summed E-state index contributed by atoms with van der Waals surface area (Å²) in [6.45, 7) is 1.53. The van der Waals surface area contributed by atoms with Gasteiger partial charge in [-0.1, -0.05) is 42.1 Å². The standard InChI is InChI=1S/C24H24N4O3S/c1-29-19-11-9-18(10-12-19)23-26-27-24(28(23)15-20-8-5-13-30-20)32-16-22-25-14-21(31-22)17-6-3-2-4-7-17/h2-4,6-7,9-12,14,20H,5,8,13,15-16H2,1H3/t20-/m0/s1. The van der Waals surface area contributed by atoms with Crippen molar-refractivity contribution in [3.05, 3.63) is 66.7 Å². The zero-order valence-corrected chi connectivity index (χ0v) is 18.6. The number of hydrogen-bond donors (Lipinski definition) is 0. The summed E-state index contributed by atoms with van der Waals surface area (Å²) in [5.74, 6) is 3.63. The molecule has 0 N–H and O–H groups in total. The molecule has 1 aliphatic rings. The fourth-order valence-electron chi connectivity index (χ4n) is 3.74. The minimum Gasteiger partial charge on any atom is -0.497 e. The van der Waals surface area contributed by atoms with Gasteiger partial charge in [0.2, 0.25) is 5.89 Å². The number of ether oxygens (including phenoxy) is 2. The van der Waals surface area contributed by atoms with Gasteiger partial charge in [0, 0.05) is 17.7 Å². The Labute approximate surface area is 190 Å². The van der Waals surface area contributed by atoms with Gasteiger partial charge in [-0.3, -0.25) is 4.57 Å². The highest BCUT2D eigenvalue weighted by atomic mass is 32.2. The molecule has 2 aromatic heterocycles. The Bertz CT molecular complexity index is 1150. The van der Waals surface area contributed by atoms with Crippen molar-refractivity contribution in [2.45, 2.75) is 36.4 Å². The van der Waals surface area contributed by atoms with Crippen LogP contribution in [0.1, 0.15) is 18.7 Å². The van der Waals surface area contributed by atoms with Crippen LogP contribution in [-0.4, -0.2) is 39.6 Å². The minimum atomic E-state index is 0.175. The van der Waals surface area contributed by atoms with Crippen LogP contribution in [0.3, 0.4) is 0 Å². The van der Waals surface area contributed by atoms with E-state index < -0.39 is 0 Å². The first kappa shape index (κ1) is 20.8. The molecule has 2 aromatic carbocycles. The first-order valence-electron chi connectivity index (χ1n) is 10.6. The fraction of sp³-hybridized carbons (Fsp3) is 0.292. The van der Waals surface area contributed by atoms with E-state index in [0.29, 0.717) is 11.6 Å². The van der Waals surface area contributed by atoms with Crippen molar-refractivity contribution in [2.75, 3.05) is 13.7 Å². The van der Waals surface area contributed by atoms with E-state index in [2.05, 4.69) is 19.7 Å². The second-order valence-corrected chi connectivity index (χ2v) is 8.50. The molecule has 0 bridgehead atoms. The molecule has 0 spiro atoms. The van der Waals surface area contributed by atoms with Crippen molar-refractivity contribution in [2.24, 2.45) is 0 Å². The monoisotopic (exact) mass is 448 g/mol. The molecule has 3 heterocycles. The molecule has 0 aliphatic carbocycles. The summed E-state index contributed by atoms with van der Waals surface area (Å²) < 4.78 is 19.3. The van der Waals surface area contributed by atoms with E-state index >= 15 is 0 Å². The molecule has 1 fully saturated rings. The minimum absolute atomic E-state index is 0.175. The van der Waals surface area contributed by atoms with E-state index in [1.165, 1.54) is 0 Å². The zero-order valence-electron chi connectivity index (χ0n) is 17.8. The van der Waals surface area contributed by atoms with E-state index in [-0.39, 0.29) is 6.10 Å². The van der Waals surface area contributed by atoms with E-state index in [1.54, 1.807) is 25.1 Å². The second kappa shape index (κ2) is 9.58. The van der Waals surface area contributed by atoms with Crippen molar-refractivity contribution in [3.63, 3.8) is 0 Å². The van der Waals surface area contributed by atoms with Crippen LogP contribution >= 0.6 is 11.8 Å². The van der Waals surface area contributed by atoms with E-state index in [0.717, 1.165) is 59.6 Å². The third-order valence-corrected chi connectivity index (χ3v) is 6.36. The van der Waals surface area contributed by atoms with Gasteiger partial charge < -0.3 is 13.9 Å². The molecule has 1 aliphatic heterocycles. The lowest BCUT2D eigenvalue weighted by Crippen LogP contribution is -2.16. The van der Waals surface area contributed by atoms with E-state index in [1.807, 2.05) is 54.6 Å². The topological polar surface area (TPSA) is 75.2 Å². The lowest BCUT2D eigenvalue weighted by atomic mass is 10.2. The quantitative estimate of drug-likeness (QED) is 0.348. The van der Waals surface area contributed by atoms with Crippen LogP contribution in [-0.2, 0) is 17.0 Å². The summed E-state index contributed by atoms with van der Waals surface area (Å²) in [5, 5.41) is 9.80. The number of methoxy groups -OCH3 is 1. The smallest absolute Gasteiger partial charge is 0.205 e. The molecule has 5 rings (SSSR count). The summed E-state index contributed by atoms with van der Waals surface area (Å²) in [6, 6.07) is 17.9. The van der Waals surface area contributed by atoms with E-state index in [4.69, 9.17) is 13.9 Å². The Morgan fingerprint density at radius 3 is 2.66 bits per heavy atom. The number of rotatable bonds is 8. The van der Waals surface area contributed by atoms with Crippen molar-refractivity contribution in [1.29, 1.82) is 0 Å². The number of benzene rings is 2. The van der Waals surface area contributed by atoms with Crippen molar-refractivity contribution < 1.29 is 13.9 Å². The van der Waals surface area contributed by atoms with Crippen molar-refractivity contribution in [1.82, 2.24) is 19.7 Å². The molecule has 0 unspecified atom stereocenters. The molecule has 164 valence electrons. The fourth-order valence-corrected chi connectivity index (χ4v) is 4.55. The lowest BCUT2D eigenvalue weighted by Gasteiger charge is -2.14. The number of aromatic nitrogens is 4. The highest BCUT2D eigenvalue weighted by Gasteiger charge is 2.22. The molecular weight excluding hydrogens is 424 g/mol. The Balaban J connectivity index is 1.37. The molecular formula is C24H24N4O3S. The number of oxazole rings is 1. The highest BCUT2D eigenvalue weighted by Crippen LogP contribution is 2.30. The SMILES string of the molecule is COc1ccc(-c2nnc(SCc3ncc(-c4ccccc4)o3)n2C[C@@H]2CCCO2)cc1. The average molecular weight is 449 g/mol. The number of thioether (sulfide) groups is 1. The molecule has 0 saturated carbocycles.